The Balaban J connectivity index is 1.61. The van der Waals surface area contributed by atoms with E-state index in [1.807, 2.05) is 25.1 Å². The number of hydrogen-bond acceptors (Lipinski definition) is 6. The maximum absolute atomic E-state index is 12.4. The van der Waals surface area contributed by atoms with Gasteiger partial charge in [0.05, 0.1) is 24.0 Å². The molecule has 0 fully saturated rings. The van der Waals surface area contributed by atoms with Crippen LogP contribution < -0.4 is 16.9 Å². The van der Waals surface area contributed by atoms with Crippen molar-refractivity contribution in [2.24, 2.45) is 21.6 Å². The Kier molecular flexibility index (Phi) is 4.44. The number of hydrogen-bond donors (Lipinski definition) is 3. The summed E-state index contributed by atoms with van der Waals surface area (Å²) in [4.78, 5) is 25.4. The SMILES string of the molecule is CC(N)C1=C2C=NC=C[N+]2(N)C(c2ccc(C(=O)Nc3ccccn3)cc2)=N1. The molecular weight excluding hydrogens is 354 g/mol. The van der Waals surface area contributed by atoms with Gasteiger partial charge >= 0.3 is 0 Å². The van der Waals surface area contributed by atoms with Crippen LogP contribution in [0.3, 0.4) is 0 Å². The molecule has 8 heteroatoms. The highest BCUT2D eigenvalue weighted by molar-refractivity contribution is 6.05. The van der Waals surface area contributed by atoms with Gasteiger partial charge in [0.15, 0.2) is 0 Å². The number of aliphatic imine (C=N–C) groups is 2. The van der Waals surface area contributed by atoms with E-state index in [1.54, 1.807) is 49.1 Å². The van der Waals surface area contributed by atoms with Crippen LogP contribution in [0.5, 0.6) is 0 Å². The van der Waals surface area contributed by atoms with Gasteiger partial charge in [0, 0.05) is 11.8 Å². The molecule has 5 N–H and O–H groups in total. The van der Waals surface area contributed by atoms with Crippen molar-refractivity contribution < 1.29 is 9.39 Å². The van der Waals surface area contributed by atoms with E-state index in [-0.39, 0.29) is 16.5 Å². The number of benzene rings is 1. The van der Waals surface area contributed by atoms with Crippen molar-refractivity contribution in [2.75, 3.05) is 5.32 Å². The van der Waals surface area contributed by atoms with Crippen LogP contribution in [0, 0.1) is 0 Å². The quantitative estimate of drug-likeness (QED) is 0.559. The lowest BCUT2D eigenvalue weighted by molar-refractivity contribution is -0.750. The summed E-state index contributed by atoms with van der Waals surface area (Å²) in [6.45, 7) is 1.86. The van der Waals surface area contributed by atoms with Gasteiger partial charge in [-0.15, -0.1) is 4.59 Å². The van der Waals surface area contributed by atoms with Crippen LogP contribution in [0.15, 0.2) is 82.4 Å². The topological polar surface area (TPSA) is 119 Å². The number of amidine groups is 1. The molecule has 0 bridgehead atoms. The molecule has 2 unspecified atom stereocenters. The third kappa shape index (κ3) is 3.05. The third-order valence-corrected chi connectivity index (χ3v) is 4.57. The zero-order valence-corrected chi connectivity index (χ0v) is 15.3. The molecule has 2 aliphatic rings. The number of nitrogens with one attached hydrogen (secondary N) is 1. The fourth-order valence-corrected chi connectivity index (χ4v) is 3.14. The predicted molar refractivity (Wildman–Crippen MR) is 108 cm³/mol. The molecule has 28 heavy (non-hydrogen) atoms. The molecule has 2 aromatic rings. The zero-order valence-electron chi connectivity index (χ0n) is 15.3. The van der Waals surface area contributed by atoms with Gasteiger partial charge in [-0.1, -0.05) is 6.07 Å². The number of fused-ring (bicyclic) bond motifs is 1. The van der Waals surface area contributed by atoms with Crippen molar-refractivity contribution >= 4 is 23.8 Å². The second-order valence-corrected chi connectivity index (χ2v) is 6.59. The minimum atomic E-state index is -0.282. The number of nitrogens with two attached hydrogens (primary N) is 2. The molecule has 8 nitrogen and oxygen atoms in total. The van der Waals surface area contributed by atoms with Crippen LogP contribution in [0.4, 0.5) is 5.82 Å². The second kappa shape index (κ2) is 6.93. The van der Waals surface area contributed by atoms with Gasteiger partial charge in [-0.3, -0.25) is 9.79 Å². The highest BCUT2D eigenvalue weighted by Crippen LogP contribution is 2.31. The molecular formula is C20H20N7O+. The number of quaternary nitrogens is 1. The highest BCUT2D eigenvalue weighted by Gasteiger charge is 2.44. The van der Waals surface area contributed by atoms with E-state index < -0.39 is 0 Å². The van der Waals surface area contributed by atoms with Crippen LogP contribution in [0.1, 0.15) is 22.8 Å². The normalized spacial score (nSPS) is 21.3. The summed E-state index contributed by atoms with van der Waals surface area (Å²) in [5.41, 5.74) is 8.81. The highest BCUT2D eigenvalue weighted by atomic mass is 16.1. The number of nitrogens with zero attached hydrogens (tertiary/aromatic N) is 4. The maximum atomic E-state index is 12.4. The molecule has 1 aromatic carbocycles. The van der Waals surface area contributed by atoms with Crippen LogP contribution in [-0.2, 0) is 0 Å². The fourth-order valence-electron chi connectivity index (χ4n) is 3.14. The lowest BCUT2D eigenvalue weighted by atomic mass is 10.1. The molecule has 0 saturated carbocycles. The van der Waals surface area contributed by atoms with E-state index in [1.165, 1.54) is 0 Å². The van der Waals surface area contributed by atoms with Crippen LogP contribution in [0.2, 0.25) is 0 Å². The van der Waals surface area contributed by atoms with Gasteiger partial charge in [-0.05, 0) is 43.3 Å². The first-order chi connectivity index (χ1) is 13.5. The number of carbonyl (C=O) groups excluding carboxylic acids is 1. The molecule has 2 aliphatic heterocycles. The molecule has 0 spiro atoms. The van der Waals surface area contributed by atoms with Crippen LogP contribution >= 0.6 is 0 Å². The van der Waals surface area contributed by atoms with Gasteiger partial charge in [0.2, 0.25) is 5.70 Å². The standard InChI is InChI=1S/C20H19N7O/c1-13(21)18-16-12-23-10-11-27(16,22)19(26-18)14-5-7-15(8-6-14)20(28)25-17-4-2-3-9-24-17/h2-13H,21-22H2,1H3/p+1. The number of allylic oxidation sites excluding steroid dienone is 1. The van der Waals surface area contributed by atoms with E-state index in [0.29, 0.717) is 22.9 Å². The largest absolute Gasteiger partial charge is 0.323 e. The summed E-state index contributed by atoms with van der Waals surface area (Å²) in [5.74, 6) is 7.48. The van der Waals surface area contributed by atoms with E-state index in [0.717, 1.165) is 11.3 Å². The van der Waals surface area contributed by atoms with Crippen molar-refractivity contribution in [1.82, 2.24) is 4.98 Å². The van der Waals surface area contributed by atoms with Crippen molar-refractivity contribution in [1.29, 1.82) is 0 Å². The Labute approximate surface area is 162 Å². The molecule has 1 amide bonds. The van der Waals surface area contributed by atoms with Gasteiger partial charge in [-0.2, -0.15) is 10.8 Å². The van der Waals surface area contributed by atoms with E-state index in [4.69, 9.17) is 11.6 Å². The molecule has 4 rings (SSSR count). The number of carbonyl (C=O) groups is 1. The Morgan fingerprint density at radius 3 is 2.64 bits per heavy atom. The molecule has 2 atom stereocenters. The number of pyridine rings is 1. The van der Waals surface area contributed by atoms with Gasteiger partial charge in [-0.25, -0.2) is 4.98 Å². The van der Waals surface area contributed by atoms with Crippen LogP contribution in [0.25, 0.3) is 0 Å². The summed E-state index contributed by atoms with van der Waals surface area (Å²) in [7, 11) is 0. The number of amides is 1. The predicted octanol–water partition coefficient (Wildman–Crippen LogP) is 1.90. The first-order valence-corrected chi connectivity index (χ1v) is 8.79. The Hall–Kier alpha value is -3.46. The Morgan fingerprint density at radius 1 is 1.18 bits per heavy atom. The first-order valence-electron chi connectivity index (χ1n) is 8.79. The van der Waals surface area contributed by atoms with Gasteiger partial charge in [0.25, 0.3) is 11.7 Å². The fraction of sp³-hybridized carbons (Fsp3) is 0.100. The average molecular weight is 374 g/mol. The Morgan fingerprint density at radius 2 is 1.96 bits per heavy atom. The minimum absolute atomic E-state index is 0.0974. The summed E-state index contributed by atoms with van der Waals surface area (Å²) < 4.78 is -0.0974. The monoisotopic (exact) mass is 374 g/mol. The lowest BCUT2D eigenvalue weighted by Gasteiger charge is -2.26. The van der Waals surface area contributed by atoms with Gasteiger partial charge < -0.3 is 11.1 Å². The molecule has 3 heterocycles. The van der Waals surface area contributed by atoms with E-state index in [2.05, 4.69) is 20.3 Å². The van der Waals surface area contributed by atoms with E-state index in [9.17, 15) is 4.79 Å². The summed E-state index contributed by atoms with van der Waals surface area (Å²) >= 11 is 0. The summed E-state index contributed by atoms with van der Waals surface area (Å²) in [5, 5.41) is 2.76. The maximum Gasteiger partial charge on any atom is 0.264 e. The average Bonchev–Trinajstić information content (AvgIpc) is 3.02. The molecule has 1 aromatic heterocycles. The van der Waals surface area contributed by atoms with E-state index >= 15 is 0 Å². The van der Waals surface area contributed by atoms with Crippen molar-refractivity contribution in [2.45, 2.75) is 13.0 Å². The smallest absolute Gasteiger partial charge is 0.264 e. The molecule has 0 saturated heterocycles. The molecule has 0 radical (unpaired) electrons. The first kappa shape index (κ1) is 17.9. The summed E-state index contributed by atoms with van der Waals surface area (Å²) in [6.07, 6.45) is 6.70. The minimum Gasteiger partial charge on any atom is -0.323 e. The van der Waals surface area contributed by atoms with Crippen molar-refractivity contribution in [3.8, 4) is 0 Å². The second-order valence-electron chi connectivity index (χ2n) is 6.59. The van der Waals surface area contributed by atoms with Gasteiger partial charge in [0.1, 0.15) is 17.7 Å². The van der Waals surface area contributed by atoms with Crippen molar-refractivity contribution in [3.63, 3.8) is 0 Å². The number of anilines is 1. The Bertz CT molecular complexity index is 1040. The van der Waals surface area contributed by atoms with Crippen molar-refractivity contribution in [3.05, 3.63) is 83.6 Å². The lowest BCUT2D eigenvalue weighted by Crippen LogP contribution is -2.53. The molecule has 0 aliphatic carbocycles. The number of aromatic nitrogens is 1. The summed E-state index contributed by atoms with van der Waals surface area (Å²) in [6, 6.07) is 12.1. The third-order valence-electron chi connectivity index (χ3n) is 4.57. The zero-order chi connectivity index (χ0) is 19.7. The molecule has 140 valence electrons. The van der Waals surface area contributed by atoms with Crippen LogP contribution in [-0.4, -0.2) is 33.6 Å². The number of rotatable bonds is 4.